The van der Waals surface area contributed by atoms with Crippen LogP contribution in [0.5, 0.6) is 0 Å². The molecule has 25 heavy (non-hydrogen) atoms. The normalized spacial score (nSPS) is 11.6. The number of hydrogen-bond acceptors (Lipinski definition) is 5. The molecule has 0 fully saturated rings. The molecule has 2 aliphatic rings. The van der Waals surface area contributed by atoms with Gasteiger partial charge in [-0.3, -0.25) is 14.1 Å². The van der Waals surface area contributed by atoms with Crippen LogP contribution in [0.15, 0.2) is 47.4 Å². The summed E-state index contributed by atoms with van der Waals surface area (Å²) < 4.78 is 30.9. The number of carbonyl (C=O) groups is 2. The first-order chi connectivity index (χ1) is 11.1. The maximum absolute atomic E-state index is 11.0. The summed E-state index contributed by atoms with van der Waals surface area (Å²) in [7, 11) is -4.12. The van der Waals surface area contributed by atoms with E-state index in [1.54, 1.807) is 30.3 Å². The van der Waals surface area contributed by atoms with E-state index in [-0.39, 0.29) is 47.3 Å². The van der Waals surface area contributed by atoms with Crippen molar-refractivity contribution < 1.29 is 27.7 Å². The Morgan fingerprint density at radius 2 is 1.68 bits per heavy atom. The van der Waals surface area contributed by atoms with Crippen molar-refractivity contribution in [3.63, 3.8) is 0 Å². The molecular formula is C15H19N2NaO6S. The molecule has 132 valence electrons. The number of fused-ring (bicyclic) bond motifs is 1. The average molecular weight is 378 g/mol. The first-order valence-corrected chi connectivity index (χ1v) is 8.29. The second-order valence-electron chi connectivity index (χ2n) is 4.90. The molecule has 10 heteroatoms. The molecule has 0 aromatic heterocycles. The molecule has 0 spiro atoms. The number of carboxylic acids is 1. The van der Waals surface area contributed by atoms with Gasteiger partial charge in [-0.1, -0.05) is 36.4 Å². The topological polar surface area (TPSA) is 161 Å². The molecule has 0 bridgehead atoms. The molecule has 0 radical (unpaired) electrons. The Hall–Kier alpha value is -1.49. The Bertz CT molecular complexity index is 796. The van der Waals surface area contributed by atoms with E-state index in [4.69, 9.17) is 21.1 Å². The molecule has 0 saturated carbocycles. The summed E-state index contributed by atoms with van der Waals surface area (Å²) in [6.07, 6.45) is 0.123. The van der Waals surface area contributed by atoms with Crippen molar-refractivity contribution in [3.05, 3.63) is 42.5 Å². The molecule has 0 aromatic rings. The fourth-order valence-corrected chi connectivity index (χ4v) is 2.54. The Labute approximate surface area is 167 Å². The first kappa shape index (κ1) is 23.5. The molecule has 1 amide bonds. The van der Waals surface area contributed by atoms with Crippen LogP contribution in [0.3, 0.4) is 0 Å². The van der Waals surface area contributed by atoms with E-state index in [2.05, 4.69) is 0 Å². The summed E-state index contributed by atoms with van der Waals surface area (Å²) in [6, 6.07) is 10.9. The minimum atomic E-state index is -4.12. The number of nitrogens with two attached hydrogens (primary N) is 2. The molecule has 2 aliphatic carbocycles. The summed E-state index contributed by atoms with van der Waals surface area (Å²) in [6.45, 7) is 0. The minimum absolute atomic E-state index is 0. The Morgan fingerprint density at radius 1 is 1.08 bits per heavy atom. The summed E-state index contributed by atoms with van der Waals surface area (Å²) in [5.41, 5.74) is 11.1. The van der Waals surface area contributed by atoms with Crippen molar-refractivity contribution in [2.75, 3.05) is 0 Å². The zero-order valence-electron chi connectivity index (χ0n) is 12.6. The number of rotatable bonds is 5. The zero-order valence-corrected chi connectivity index (χ0v) is 13.4. The van der Waals surface area contributed by atoms with Gasteiger partial charge in [-0.05, 0) is 18.1 Å². The molecule has 1 atom stereocenters. The van der Waals surface area contributed by atoms with Crippen LogP contribution in [0.25, 0.3) is 11.1 Å². The molecular weight excluding hydrogens is 359 g/mol. The maximum atomic E-state index is 11.0. The summed E-state index contributed by atoms with van der Waals surface area (Å²) >= 11 is 0. The van der Waals surface area contributed by atoms with Crippen molar-refractivity contribution in [2.45, 2.75) is 23.8 Å². The molecule has 0 aromatic carbocycles. The van der Waals surface area contributed by atoms with E-state index in [0.29, 0.717) is 5.56 Å². The third-order valence-corrected chi connectivity index (χ3v) is 3.96. The Kier molecular flexibility index (Phi) is 9.86. The second kappa shape index (κ2) is 10.5. The van der Waals surface area contributed by atoms with Gasteiger partial charge in [0.15, 0.2) is 0 Å². The van der Waals surface area contributed by atoms with Crippen molar-refractivity contribution in [1.29, 1.82) is 0 Å². The predicted molar refractivity (Wildman–Crippen MR) is 94.1 cm³/mol. The number of amides is 1. The third kappa shape index (κ3) is 7.95. The van der Waals surface area contributed by atoms with Crippen LogP contribution < -0.4 is 11.5 Å². The van der Waals surface area contributed by atoms with Crippen LogP contribution in [-0.4, -0.2) is 65.6 Å². The Morgan fingerprint density at radius 3 is 2.20 bits per heavy atom. The quantitative estimate of drug-likeness (QED) is 0.422. The SMILES string of the molecule is NC(=O)CCC(N)C(=O)O.O=S(=O)(O)c1ccc2cccccc1-2.[NaH]. The molecule has 8 nitrogen and oxygen atoms in total. The third-order valence-electron chi connectivity index (χ3n) is 3.05. The molecule has 2 rings (SSSR count). The Balaban J connectivity index is 0.000000471. The molecule has 0 aliphatic heterocycles. The van der Waals surface area contributed by atoms with Gasteiger partial charge in [-0.15, -0.1) is 0 Å². The van der Waals surface area contributed by atoms with Gasteiger partial charge >= 0.3 is 35.5 Å². The van der Waals surface area contributed by atoms with Gasteiger partial charge in [-0.2, -0.15) is 8.42 Å². The van der Waals surface area contributed by atoms with E-state index in [0.717, 1.165) is 5.56 Å². The number of carboxylic acid groups (broad SMARTS) is 1. The van der Waals surface area contributed by atoms with Crippen molar-refractivity contribution >= 4 is 51.6 Å². The summed E-state index contributed by atoms with van der Waals surface area (Å²) in [5, 5.41) is 8.22. The number of primary amides is 1. The summed E-state index contributed by atoms with van der Waals surface area (Å²) in [4.78, 5) is 20.1. The second-order valence-corrected chi connectivity index (χ2v) is 6.29. The van der Waals surface area contributed by atoms with Crippen LogP contribution >= 0.6 is 0 Å². The van der Waals surface area contributed by atoms with Gasteiger partial charge in [0.05, 0.1) is 0 Å². The fourth-order valence-electron chi connectivity index (χ4n) is 1.83. The van der Waals surface area contributed by atoms with Gasteiger partial charge in [0.25, 0.3) is 10.1 Å². The van der Waals surface area contributed by atoms with Crippen LogP contribution in [0, 0.1) is 0 Å². The van der Waals surface area contributed by atoms with Crippen LogP contribution in [-0.2, 0) is 19.7 Å². The van der Waals surface area contributed by atoms with Crippen molar-refractivity contribution in [2.24, 2.45) is 11.5 Å². The van der Waals surface area contributed by atoms with Gasteiger partial charge in [0, 0.05) is 12.0 Å². The van der Waals surface area contributed by atoms with Crippen LogP contribution in [0.2, 0.25) is 0 Å². The summed E-state index contributed by atoms with van der Waals surface area (Å²) in [5.74, 6) is -1.64. The number of carbonyl (C=O) groups excluding carboxylic acids is 1. The van der Waals surface area contributed by atoms with Crippen molar-refractivity contribution in [3.8, 4) is 11.1 Å². The van der Waals surface area contributed by atoms with Crippen LogP contribution in [0.1, 0.15) is 12.8 Å². The van der Waals surface area contributed by atoms with Crippen molar-refractivity contribution in [1.82, 2.24) is 0 Å². The molecule has 6 N–H and O–H groups in total. The molecule has 0 heterocycles. The van der Waals surface area contributed by atoms with E-state index in [1.165, 1.54) is 6.07 Å². The van der Waals surface area contributed by atoms with Gasteiger partial charge in [0.2, 0.25) is 5.91 Å². The van der Waals surface area contributed by atoms with Gasteiger partial charge < -0.3 is 16.6 Å². The molecule has 1 unspecified atom stereocenters. The average Bonchev–Trinajstić information content (AvgIpc) is 2.75. The zero-order chi connectivity index (χ0) is 18.3. The number of hydrogen-bond donors (Lipinski definition) is 4. The first-order valence-electron chi connectivity index (χ1n) is 6.85. The standard InChI is InChI=1S/C10H8O3S.C5H10N2O3.Na.H/c11-14(12,13)10-7-6-8-4-2-1-3-5-9(8)10;6-3(5(9)10)1-2-4(7)8;;/h1-7H,(H,11,12,13);3H,1-2,6H2,(H2,7,8)(H,9,10);;. The predicted octanol–water partition coefficient (Wildman–Crippen LogP) is 0.0534. The molecule has 0 saturated heterocycles. The number of aliphatic carboxylic acids is 1. The van der Waals surface area contributed by atoms with E-state index >= 15 is 0 Å². The monoisotopic (exact) mass is 378 g/mol. The van der Waals surface area contributed by atoms with E-state index in [9.17, 15) is 18.0 Å². The van der Waals surface area contributed by atoms with E-state index < -0.39 is 28.0 Å². The van der Waals surface area contributed by atoms with Crippen LogP contribution in [0.4, 0.5) is 0 Å². The van der Waals surface area contributed by atoms with Gasteiger partial charge in [-0.25, -0.2) is 0 Å². The van der Waals surface area contributed by atoms with Gasteiger partial charge in [0.1, 0.15) is 10.9 Å². The fraction of sp³-hybridized carbons (Fsp3) is 0.200. The van der Waals surface area contributed by atoms with E-state index in [1.807, 2.05) is 6.07 Å².